The Morgan fingerprint density at radius 2 is 1.70 bits per heavy atom. The number of hydrogen-bond acceptors (Lipinski definition) is 5. The van der Waals surface area contributed by atoms with Gasteiger partial charge in [-0.1, -0.05) is 48.5 Å². The molecule has 7 nitrogen and oxygen atoms in total. The Morgan fingerprint density at radius 3 is 2.46 bits per heavy atom. The maximum absolute atomic E-state index is 14.0. The molecule has 2 heterocycles. The zero-order valence-corrected chi connectivity index (χ0v) is 22.2. The van der Waals surface area contributed by atoms with Gasteiger partial charge in [0, 0.05) is 31.6 Å². The van der Waals surface area contributed by atoms with Gasteiger partial charge < -0.3 is 20.3 Å². The van der Waals surface area contributed by atoms with Crippen LogP contribution in [0.4, 0.5) is 5.69 Å². The molecule has 2 aromatic carbocycles. The van der Waals surface area contributed by atoms with Crippen molar-refractivity contribution in [3.63, 3.8) is 0 Å². The number of hydrogen-bond donors (Lipinski definition) is 2. The smallest absolute Gasteiger partial charge is 0.306 e. The van der Waals surface area contributed by atoms with Crippen LogP contribution in [0, 0.1) is 11.8 Å². The molecule has 198 valence electrons. The summed E-state index contributed by atoms with van der Waals surface area (Å²) < 4.78 is 5.47. The summed E-state index contributed by atoms with van der Waals surface area (Å²) in [5.74, 6) is -0.267. The number of para-hydroxylation sites is 1. The van der Waals surface area contributed by atoms with Gasteiger partial charge in [0.25, 0.3) is 0 Å². The first-order valence-electron chi connectivity index (χ1n) is 13.3. The number of benzene rings is 2. The molecule has 3 atom stereocenters. The van der Waals surface area contributed by atoms with Gasteiger partial charge in [-0.05, 0) is 75.7 Å². The molecule has 1 saturated heterocycles. The standard InChI is InChI=1S/C30H39N3O4/c1-30(2,3)37-28(35)14-9-15-33(20-23-19-31-18-22(23)16-21-10-5-4-6-11-21)29(36)25-17-27(34)32-26-13-8-7-12-24(25)26/h4-8,10-13,22-23,25,31H,9,14-20H2,1-3H3,(H,32,34)/t22-,23+,25?/m1/s1. The maximum Gasteiger partial charge on any atom is 0.306 e. The van der Waals surface area contributed by atoms with E-state index in [0.717, 1.165) is 25.1 Å². The van der Waals surface area contributed by atoms with E-state index in [9.17, 15) is 14.4 Å². The highest BCUT2D eigenvalue weighted by Crippen LogP contribution is 2.34. The van der Waals surface area contributed by atoms with E-state index in [1.807, 2.05) is 56.0 Å². The molecule has 0 aliphatic carbocycles. The van der Waals surface area contributed by atoms with E-state index < -0.39 is 11.5 Å². The summed E-state index contributed by atoms with van der Waals surface area (Å²) in [5.41, 5.74) is 2.32. The molecular weight excluding hydrogens is 466 g/mol. The molecule has 0 spiro atoms. The second kappa shape index (κ2) is 11.9. The minimum Gasteiger partial charge on any atom is -0.460 e. The molecule has 1 unspecified atom stereocenters. The first-order valence-corrected chi connectivity index (χ1v) is 13.3. The number of esters is 1. The molecule has 0 radical (unpaired) electrons. The van der Waals surface area contributed by atoms with Crippen molar-refractivity contribution in [2.75, 3.05) is 31.5 Å². The molecule has 0 bridgehead atoms. The fourth-order valence-electron chi connectivity index (χ4n) is 5.39. The monoisotopic (exact) mass is 505 g/mol. The van der Waals surface area contributed by atoms with E-state index in [4.69, 9.17) is 4.74 Å². The summed E-state index contributed by atoms with van der Waals surface area (Å²) in [5, 5.41) is 6.40. The van der Waals surface area contributed by atoms with Crippen molar-refractivity contribution < 1.29 is 19.1 Å². The van der Waals surface area contributed by atoms with Crippen LogP contribution in [-0.2, 0) is 25.5 Å². The summed E-state index contributed by atoms with van der Waals surface area (Å²) in [6, 6.07) is 18.0. The highest BCUT2D eigenvalue weighted by atomic mass is 16.6. The van der Waals surface area contributed by atoms with Gasteiger partial charge in [-0.3, -0.25) is 14.4 Å². The molecule has 2 aliphatic heterocycles. The first-order chi connectivity index (χ1) is 17.7. The Bertz CT molecular complexity index is 1100. The third-order valence-electron chi connectivity index (χ3n) is 7.11. The predicted octanol–water partition coefficient (Wildman–Crippen LogP) is 4.14. The van der Waals surface area contributed by atoms with E-state index in [2.05, 4.69) is 34.9 Å². The van der Waals surface area contributed by atoms with Gasteiger partial charge in [0.15, 0.2) is 0 Å². The highest BCUT2D eigenvalue weighted by Gasteiger charge is 2.36. The maximum atomic E-state index is 14.0. The van der Waals surface area contributed by atoms with Crippen molar-refractivity contribution in [3.05, 3.63) is 65.7 Å². The molecule has 7 heteroatoms. The predicted molar refractivity (Wildman–Crippen MR) is 144 cm³/mol. The van der Waals surface area contributed by atoms with Gasteiger partial charge in [-0.25, -0.2) is 0 Å². The average molecular weight is 506 g/mol. The number of anilines is 1. The van der Waals surface area contributed by atoms with Crippen molar-refractivity contribution in [1.82, 2.24) is 10.2 Å². The number of carbonyl (C=O) groups excluding carboxylic acids is 3. The van der Waals surface area contributed by atoms with Crippen LogP contribution in [0.5, 0.6) is 0 Å². The fraction of sp³-hybridized carbons (Fsp3) is 0.500. The Morgan fingerprint density at radius 1 is 1.00 bits per heavy atom. The van der Waals surface area contributed by atoms with Gasteiger partial charge >= 0.3 is 5.97 Å². The molecular formula is C30H39N3O4. The van der Waals surface area contributed by atoms with Gasteiger partial charge in [0.05, 0.1) is 5.92 Å². The van der Waals surface area contributed by atoms with E-state index >= 15 is 0 Å². The fourth-order valence-corrected chi connectivity index (χ4v) is 5.39. The van der Waals surface area contributed by atoms with Crippen LogP contribution in [0.15, 0.2) is 54.6 Å². The van der Waals surface area contributed by atoms with Gasteiger partial charge in [0.2, 0.25) is 11.8 Å². The van der Waals surface area contributed by atoms with Crippen LogP contribution >= 0.6 is 0 Å². The summed E-state index contributed by atoms with van der Waals surface area (Å²) >= 11 is 0. The number of fused-ring (bicyclic) bond motifs is 1. The summed E-state index contributed by atoms with van der Waals surface area (Å²) in [7, 11) is 0. The molecule has 37 heavy (non-hydrogen) atoms. The van der Waals surface area contributed by atoms with Crippen LogP contribution in [0.1, 0.15) is 57.1 Å². The first kappa shape index (κ1) is 26.9. The normalized spacial score (nSPS) is 21.2. The van der Waals surface area contributed by atoms with E-state index in [1.54, 1.807) is 0 Å². The van der Waals surface area contributed by atoms with Crippen LogP contribution < -0.4 is 10.6 Å². The highest BCUT2D eigenvalue weighted by molar-refractivity contribution is 6.01. The molecule has 1 fully saturated rings. The SMILES string of the molecule is CC(C)(C)OC(=O)CCCN(C[C@@H]1CNC[C@H]1Cc1ccccc1)C(=O)C1CC(=O)Nc2ccccc21. The Balaban J connectivity index is 1.49. The zero-order valence-electron chi connectivity index (χ0n) is 22.2. The topological polar surface area (TPSA) is 87.7 Å². The lowest BCUT2D eigenvalue weighted by Gasteiger charge is -2.33. The third kappa shape index (κ3) is 7.41. The minimum atomic E-state index is -0.536. The Hall–Kier alpha value is -3.19. The van der Waals surface area contributed by atoms with Gasteiger partial charge in [-0.2, -0.15) is 0 Å². The number of amides is 2. The molecule has 0 saturated carbocycles. The van der Waals surface area contributed by atoms with Crippen LogP contribution in [-0.4, -0.2) is 54.5 Å². The molecule has 4 rings (SSSR count). The van der Waals surface area contributed by atoms with E-state index in [1.165, 1.54) is 5.56 Å². The van der Waals surface area contributed by atoms with Gasteiger partial charge in [0.1, 0.15) is 5.60 Å². The van der Waals surface area contributed by atoms with Gasteiger partial charge in [-0.15, -0.1) is 0 Å². The quantitative estimate of drug-likeness (QED) is 0.500. The van der Waals surface area contributed by atoms with E-state index in [0.29, 0.717) is 37.0 Å². The lowest BCUT2D eigenvalue weighted by Crippen LogP contribution is -2.43. The second-order valence-corrected chi connectivity index (χ2v) is 11.2. The lowest BCUT2D eigenvalue weighted by atomic mass is 9.87. The number of ether oxygens (including phenoxy) is 1. The Kier molecular flexibility index (Phi) is 8.64. The van der Waals surface area contributed by atoms with E-state index in [-0.39, 0.29) is 30.6 Å². The number of nitrogens with zero attached hydrogens (tertiary/aromatic N) is 1. The second-order valence-electron chi connectivity index (χ2n) is 11.2. The van der Waals surface area contributed by atoms with Crippen molar-refractivity contribution in [2.24, 2.45) is 11.8 Å². The third-order valence-corrected chi connectivity index (χ3v) is 7.11. The van der Waals surface area contributed by atoms with Crippen molar-refractivity contribution in [1.29, 1.82) is 0 Å². The number of rotatable bonds is 9. The van der Waals surface area contributed by atoms with Crippen molar-refractivity contribution in [2.45, 2.75) is 58.0 Å². The minimum absolute atomic E-state index is 0.0446. The van der Waals surface area contributed by atoms with Crippen LogP contribution in [0.2, 0.25) is 0 Å². The molecule has 0 aromatic heterocycles. The summed E-state index contributed by atoms with van der Waals surface area (Å²) in [4.78, 5) is 40.6. The van der Waals surface area contributed by atoms with Crippen molar-refractivity contribution >= 4 is 23.5 Å². The Labute approximate surface area is 220 Å². The molecule has 2 aliphatic rings. The van der Waals surface area contributed by atoms with Crippen molar-refractivity contribution in [3.8, 4) is 0 Å². The molecule has 2 aromatic rings. The lowest BCUT2D eigenvalue weighted by molar-refractivity contribution is -0.155. The summed E-state index contributed by atoms with van der Waals surface area (Å²) in [6.07, 6.45) is 1.85. The summed E-state index contributed by atoms with van der Waals surface area (Å²) in [6.45, 7) is 8.36. The largest absolute Gasteiger partial charge is 0.460 e. The molecule has 2 amide bonds. The molecule has 2 N–H and O–H groups in total. The number of nitrogens with one attached hydrogen (secondary N) is 2. The average Bonchev–Trinajstić information content (AvgIpc) is 3.28. The number of carbonyl (C=O) groups is 3. The van der Waals surface area contributed by atoms with Crippen LogP contribution in [0.25, 0.3) is 0 Å². The zero-order chi connectivity index (χ0) is 26.4. The van der Waals surface area contributed by atoms with Crippen LogP contribution in [0.3, 0.4) is 0 Å².